The van der Waals surface area contributed by atoms with Crippen molar-refractivity contribution in [1.29, 1.82) is 0 Å². The van der Waals surface area contributed by atoms with E-state index in [2.05, 4.69) is 4.99 Å². The lowest BCUT2D eigenvalue weighted by Gasteiger charge is -2.20. The normalized spacial score (nSPS) is 26.8. The molecule has 2 unspecified atom stereocenters. The number of amidine groups is 1. The van der Waals surface area contributed by atoms with Crippen molar-refractivity contribution in [3.63, 3.8) is 0 Å². The molecule has 0 saturated carbocycles. The summed E-state index contributed by atoms with van der Waals surface area (Å²) in [6.45, 7) is 0. The van der Waals surface area contributed by atoms with E-state index in [1.165, 1.54) is 0 Å². The fraction of sp³-hybridized carbons (Fsp3) is 0.462. The molecule has 2 atom stereocenters. The summed E-state index contributed by atoms with van der Waals surface area (Å²) < 4.78 is 23.2. The van der Waals surface area contributed by atoms with Gasteiger partial charge >= 0.3 is 0 Å². The zero-order chi connectivity index (χ0) is 15.2. The molecule has 0 aromatic heterocycles. The maximum absolute atomic E-state index is 11.6. The Balaban J connectivity index is 1.68. The van der Waals surface area contributed by atoms with Crippen LogP contribution in [-0.4, -0.2) is 49.1 Å². The quantitative estimate of drug-likeness (QED) is 0.809. The molecular weight excluding hydrogens is 351 g/mol. The Morgan fingerprint density at radius 1 is 1.33 bits per heavy atom. The Hall–Kier alpha value is -0.430. The summed E-state index contributed by atoms with van der Waals surface area (Å²) in [7, 11) is -1.02. The molecule has 0 spiro atoms. The molecule has 0 aliphatic carbocycles. The van der Waals surface area contributed by atoms with Crippen LogP contribution in [-0.2, 0) is 15.6 Å². The lowest BCUT2D eigenvalue weighted by Crippen LogP contribution is -2.35. The number of fused-ring (bicyclic) bond motifs is 1. The molecule has 4 nitrogen and oxygen atoms in total. The van der Waals surface area contributed by atoms with Gasteiger partial charge in [0.1, 0.15) is 0 Å². The van der Waals surface area contributed by atoms with Gasteiger partial charge in [-0.05, 0) is 17.7 Å². The van der Waals surface area contributed by atoms with Gasteiger partial charge in [0.2, 0.25) is 0 Å². The molecule has 2 aliphatic heterocycles. The van der Waals surface area contributed by atoms with Crippen LogP contribution >= 0.6 is 35.0 Å². The lowest BCUT2D eigenvalue weighted by atomic mass is 10.2. The third-order valence-corrected chi connectivity index (χ3v) is 7.29. The third-order valence-electron chi connectivity index (χ3n) is 3.72. The van der Waals surface area contributed by atoms with Gasteiger partial charge in [-0.1, -0.05) is 41.0 Å². The second kappa shape index (κ2) is 5.65. The molecule has 0 N–H and O–H groups in total. The Bertz CT molecular complexity index is 706. The van der Waals surface area contributed by atoms with E-state index >= 15 is 0 Å². The zero-order valence-electron chi connectivity index (χ0n) is 11.3. The molecular formula is C13H14Cl2N2O2S2. The Kier molecular flexibility index (Phi) is 4.16. The van der Waals surface area contributed by atoms with Gasteiger partial charge in [-0.2, -0.15) is 0 Å². The van der Waals surface area contributed by atoms with E-state index in [0.717, 1.165) is 16.5 Å². The number of sulfone groups is 1. The van der Waals surface area contributed by atoms with Gasteiger partial charge in [-0.15, -0.1) is 0 Å². The van der Waals surface area contributed by atoms with Crippen molar-refractivity contribution in [2.45, 2.75) is 17.8 Å². The predicted molar refractivity (Wildman–Crippen MR) is 89.2 cm³/mol. The highest BCUT2D eigenvalue weighted by Crippen LogP contribution is 2.31. The van der Waals surface area contributed by atoms with Gasteiger partial charge < -0.3 is 4.90 Å². The van der Waals surface area contributed by atoms with Gasteiger partial charge in [-0.3, -0.25) is 4.99 Å². The van der Waals surface area contributed by atoms with Gasteiger partial charge in [0.25, 0.3) is 0 Å². The summed E-state index contributed by atoms with van der Waals surface area (Å²) in [5.41, 5.74) is 1.06. The highest BCUT2D eigenvalue weighted by molar-refractivity contribution is 8.13. The van der Waals surface area contributed by atoms with E-state index in [1.54, 1.807) is 17.8 Å². The minimum Gasteiger partial charge on any atom is -0.348 e. The smallest absolute Gasteiger partial charge is 0.159 e. The molecule has 0 bridgehead atoms. The molecule has 1 fully saturated rings. The Morgan fingerprint density at radius 3 is 2.76 bits per heavy atom. The standard InChI is InChI=1S/C13H14Cl2N2O2S2/c1-17-12-7-21(18,19)6-11(12)16-13(17)20-5-8-2-3-9(14)10(15)4-8/h2-4,11-12H,5-7H2,1H3. The summed E-state index contributed by atoms with van der Waals surface area (Å²) in [5, 5.41) is 1.98. The second-order valence-corrected chi connectivity index (χ2v) is 9.18. The van der Waals surface area contributed by atoms with Crippen LogP contribution in [0.1, 0.15) is 5.56 Å². The number of thioether (sulfide) groups is 1. The molecule has 1 saturated heterocycles. The molecule has 21 heavy (non-hydrogen) atoms. The SMILES string of the molecule is CN1C(SCc2ccc(Cl)c(Cl)c2)=NC2CS(=O)(=O)CC21. The maximum Gasteiger partial charge on any atom is 0.159 e. The van der Waals surface area contributed by atoms with Gasteiger partial charge in [-0.25, -0.2) is 8.42 Å². The summed E-state index contributed by atoms with van der Waals surface area (Å²) >= 11 is 13.5. The molecule has 3 rings (SSSR count). The number of aliphatic imine (C=N–C) groups is 1. The van der Waals surface area contributed by atoms with Crippen molar-refractivity contribution < 1.29 is 8.42 Å². The van der Waals surface area contributed by atoms with Gasteiger partial charge in [0.15, 0.2) is 15.0 Å². The van der Waals surface area contributed by atoms with Crippen molar-refractivity contribution in [1.82, 2.24) is 4.90 Å². The highest BCUT2D eigenvalue weighted by Gasteiger charge is 2.44. The van der Waals surface area contributed by atoms with Crippen LogP contribution in [0.15, 0.2) is 23.2 Å². The topological polar surface area (TPSA) is 49.7 Å². The molecule has 114 valence electrons. The summed E-state index contributed by atoms with van der Waals surface area (Å²) in [5.74, 6) is 1.10. The van der Waals surface area contributed by atoms with Crippen molar-refractivity contribution in [3.05, 3.63) is 33.8 Å². The van der Waals surface area contributed by atoms with E-state index in [9.17, 15) is 8.42 Å². The molecule has 1 aromatic rings. The average molecular weight is 365 g/mol. The lowest BCUT2D eigenvalue weighted by molar-refractivity contribution is 0.410. The molecule has 2 heterocycles. The zero-order valence-corrected chi connectivity index (χ0v) is 14.4. The van der Waals surface area contributed by atoms with Gasteiger partial charge in [0.05, 0.1) is 33.6 Å². The minimum atomic E-state index is -2.93. The van der Waals surface area contributed by atoms with E-state index < -0.39 is 9.84 Å². The highest BCUT2D eigenvalue weighted by atomic mass is 35.5. The number of hydrogen-bond donors (Lipinski definition) is 0. The molecule has 2 aliphatic rings. The number of benzene rings is 1. The van der Waals surface area contributed by atoms with Crippen LogP contribution in [0.2, 0.25) is 10.0 Å². The van der Waals surface area contributed by atoms with Crippen molar-refractivity contribution in [2.24, 2.45) is 4.99 Å². The fourth-order valence-corrected chi connectivity index (χ4v) is 5.86. The first kappa shape index (κ1) is 15.5. The minimum absolute atomic E-state index is 0.00805. The van der Waals surface area contributed by atoms with Crippen LogP contribution in [0, 0.1) is 0 Å². The number of halogens is 2. The van der Waals surface area contributed by atoms with E-state index in [4.69, 9.17) is 23.2 Å². The van der Waals surface area contributed by atoms with Crippen molar-refractivity contribution in [2.75, 3.05) is 18.6 Å². The van der Waals surface area contributed by atoms with Gasteiger partial charge in [0, 0.05) is 12.8 Å². The number of rotatable bonds is 2. The average Bonchev–Trinajstić information content (AvgIpc) is 2.85. The summed E-state index contributed by atoms with van der Waals surface area (Å²) in [4.78, 5) is 6.53. The Labute approximate surface area is 138 Å². The van der Waals surface area contributed by atoms with Crippen LogP contribution in [0.4, 0.5) is 0 Å². The Morgan fingerprint density at radius 2 is 2.10 bits per heavy atom. The van der Waals surface area contributed by atoms with Crippen LogP contribution < -0.4 is 0 Å². The van der Waals surface area contributed by atoms with E-state index in [-0.39, 0.29) is 23.6 Å². The second-order valence-electron chi connectivity index (χ2n) is 5.27. The summed E-state index contributed by atoms with van der Waals surface area (Å²) in [6.07, 6.45) is 0. The fourth-order valence-electron chi connectivity index (χ4n) is 2.59. The number of hydrogen-bond acceptors (Lipinski definition) is 5. The molecule has 1 aromatic carbocycles. The van der Waals surface area contributed by atoms with Crippen molar-refractivity contribution in [3.8, 4) is 0 Å². The monoisotopic (exact) mass is 364 g/mol. The largest absolute Gasteiger partial charge is 0.348 e. The first-order valence-electron chi connectivity index (χ1n) is 6.43. The first-order chi connectivity index (χ1) is 9.85. The predicted octanol–water partition coefficient (Wildman–Crippen LogP) is 2.69. The van der Waals surface area contributed by atoms with E-state index in [0.29, 0.717) is 10.0 Å². The third kappa shape index (κ3) is 3.18. The summed E-state index contributed by atoms with van der Waals surface area (Å²) in [6, 6.07) is 5.43. The number of nitrogens with zero attached hydrogens (tertiary/aromatic N) is 2. The molecule has 0 amide bonds. The molecule has 8 heteroatoms. The molecule has 0 radical (unpaired) electrons. The van der Waals surface area contributed by atoms with Crippen LogP contribution in [0.5, 0.6) is 0 Å². The van der Waals surface area contributed by atoms with E-state index in [1.807, 2.05) is 24.1 Å². The number of likely N-dealkylation sites (N-methyl/N-ethyl adjacent to an activating group) is 1. The first-order valence-corrected chi connectivity index (χ1v) is 10.00. The maximum atomic E-state index is 11.6. The van der Waals surface area contributed by atoms with Crippen LogP contribution in [0.3, 0.4) is 0 Å². The van der Waals surface area contributed by atoms with Crippen LogP contribution in [0.25, 0.3) is 0 Å². The van der Waals surface area contributed by atoms with Crippen molar-refractivity contribution >= 4 is 50.0 Å².